The van der Waals surface area contributed by atoms with Crippen LogP contribution in [-0.2, 0) is 4.79 Å². The average Bonchev–Trinajstić information content (AvgIpc) is 3.34. The predicted octanol–water partition coefficient (Wildman–Crippen LogP) is 2.77. The molecule has 0 saturated carbocycles. The summed E-state index contributed by atoms with van der Waals surface area (Å²) in [6, 6.07) is 19.9. The highest BCUT2D eigenvalue weighted by atomic mass is 32.1. The maximum Gasteiger partial charge on any atom is 0.279 e. The molecule has 0 saturated heterocycles. The van der Waals surface area contributed by atoms with Gasteiger partial charge in [0.05, 0.1) is 4.88 Å². The number of amides is 1. The van der Waals surface area contributed by atoms with Crippen LogP contribution in [0.1, 0.15) is 16.5 Å². The van der Waals surface area contributed by atoms with Crippen LogP contribution in [0.2, 0.25) is 0 Å². The largest absolute Gasteiger partial charge is 0.454 e. The number of carbonyl (C=O) groups is 1. The molecular formula is C20H19N2O3S+. The lowest BCUT2D eigenvalue weighted by Gasteiger charge is -2.14. The normalized spacial score (nSPS) is 13.4. The van der Waals surface area contributed by atoms with E-state index in [4.69, 9.17) is 9.47 Å². The number of anilines is 1. The van der Waals surface area contributed by atoms with Crippen molar-refractivity contribution >= 4 is 22.9 Å². The fourth-order valence-electron chi connectivity index (χ4n) is 2.96. The van der Waals surface area contributed by atoms with Gasteiger partial charge in [0.25, 0.3) is 5.91 Å². The van der Waals surface area contributed by atoms with Crippen molar-refractivity contribution in [3.63, 3.8) is 0 Å². The Morgan fingerprint density at radius 3 is 2.73 bits per heavy atom. The van der Waals surface area contributed by atoms with Crippen molar-refractivity contribution in [1.29, 1.82) is 0 Å². The summed E-state index contributed by atoms with van der Waals surface area (Å²) < 4.78 is 10.6. The molecule has 4 rings (SSSR count). The molecule has 0 aliphatic carbocycles. The quantitative estimate of drug-likeness (QED) is 0.704. The fourth-order valence-corrected chi connectivity index (χ4v) is 3.81. The van der Waals surface area contributed by atoms with Crippen LogP contribution in [0.15, 0.2) is 66.0 Å². The summed E-state index contributed by atoms with van der Waals surface area (Å²) in [5.74, 6) is 1.31. The molecule has 3 aromatic rings. The first kappa shape index (κ1) is 16.6. The van der Waals surface area contributed by atoms with Gasteiger partial charge in [0.1, 0.15) is 6.04 Å². The summed E-state index contributed by atoms with van der Waals surface area (Å²) >= 11 is 1.70. The Hall–Kier alpha value is -2.83. The Morgan fingerprint density at radius 2 is 1.92 bits per heavy atom. The summed E-state index contributed by atoms with van der Waals surface area (Å²) in [5, 5.41) is 7.04. The van der Waals surface area contributed by atoms with Gasteiger partial charge in [0, 0.05) is 17.3 Å². The van der Waals surface area contributed by atoms with E-state index in [-0.39, 0.29) is 18.7 Å². The number of thiophene rings is 1. The van der Waals surface area contributed by atoms with Gasteiger partial charge in [-0.25, -0.2) is 0 Å². The van der Waals surface area contributed by atoms with Gasteiger partial charge < -0.3 is 20.1 Å². The number of rotatable bonds is 6. The van der Waals surface area contributed by atoms with E-state index in [0.717, 1.165) is 0 Å². The summed E-state index contributed by atoms with van der Waals surface area (Å²) in [4.78, 5) is 13.6. The Balaban J connectivity index is 1.42. The zero-order valence-corrected chi connectivity index (χ0v) is 14.9. The molecule has 0 fully saturated rings. The van der Waals surface area contributed by atoms with Gasteiger partial charge in [-0.2, -0.15) is 0 Å². The molecule has 1 amide bonds. The number of carbonyl (C=O) groups excluding carboxylic acids is 1. The molecule has 2 heterocycles. The average molecular weight is 367 g/mol. The summed E-state index contributed by atoms with van der Waals surface area (Å²) in [7, 11) is 0. The minimum atomic E-state index is -0.0543. The molecule has 1 aliphatic rings. The topological polar surface area (TPSA) is 64.2 Å². The molecular weight excluding hydrogens is 348 g/mol. The zero-order valence-electron chi connectivity index (χ0n) is 14.1. The number of quaternary nitrogens is 1. The molecule has 0 unspecified atom stereocenters. The SMILES string of the molecule is O=C(C[NH2+][C@@H](c1ccccc1)c1cccs1)Nc1ccc2c(c1)OCO2. The van der Waals surface area contributed by atoms with Crippen LogP contribution in [0.5, 0.6) is 11.5 Å². The first-order chi connectivity index (χ1) is 12.8. The second-order valence-corrected chi connectivity index (χ2v) is 6.94. The number of nitrogens with two attached hydrogens (primary N) is 1. The van der Waals surface area contributed by atoms with Gasteiger partial charge in [-0.1, -0.05) is 36.4 Å². The van der Waals surface area contributed by atoms with E-state index in [1.807, 2.05) is 30.3 Å². The number of benzene rings is 2. The van der Waals surface area contributed by atoms with Gasteiger partial charge in [-0.05, 0) is 23.6 Å². The molecule has 1 atom stereocenters. The van der Waals surface area contributed by atoms with Crippen molar-refractivity contribution in [1.82, 2.24) is 0 Å². The number of nitrogens with one attached hydrogen (secondary N) is 1. The van der Waals surface area contributed by atoms with Crippen LogP contribution in [0, 0.1) is 0 Å². The van der Waals surface area contributed by atoms with Crippen molar-refractivity contribution in [2.75, 3.05) is 18.7 Å². The number of fused-ring (bicyclic) bond motifs is 1. The Bertz CT molecular complexity index is 881. The summed E-state index contributed by atoms with van der Waals surface area (Å²) in [6.45, 7) is 0.548. The molecule has 0 spiro atoms. The standard InChI is InChI=1S/C20H18N2O3S/c23-19(22-15-8-9-16-17(11-15)25-13-24-16)12-21-20(18-7-4-10-26-18)14-5-2-1-3-6-14/h1-11,20-21H,12-13H2,(H,22,23)/p+1/t20-/m0/s1. The van der Waals surface area contributed by atoms with Crippen molar-refractivity contribution in [3.8, 4) is 11.5 Å². The second kappa shape index (κ2) is 7.59. The van der Waals surface area contributed by atoms with Crippen molar-refractivity contribution < 1.29 is 19.6 Å². The molecule has 5 nitrogen and oxygen atoms in total. The van der Waals surface area contributed by atoms with E-state index in [9.17, 15) is 4.79 Å². The molecule has 3 N–H and O–H groups in total. The molecule has 1 aromatic heterocycles. The third-order valence-corrected chi connectivity index (χ3v) is 5.16. The van der Waals surface area contributed by atoms with E-state index in [1.54, 1.807) is 23.5 Å². The molecule has 132 valence electrons. The van der Waals surface area contributed by atoms with Crippen molar-refractivity contribution in [2.45, 2.75) is 6.04 Å². The second-order valence-electron chi connectivity index (χ2n) is 5.96. The lowest BCUT2D eigenvalue weighted by atomic mass is 10.1. The first-order valence-electron chi connectivity index (χ1n) is 8.41. The number of hydrogen-bond acceptors (Lipinski definition) is 4. The molecule has 0 radical (unpaired) electrons. The fraction of sp³-hybridized carbons (Fsp3) is 0.150. The van der Waals surface area contributed by atoms with E-state index >= 15 is 0 Å². The smallest absolute Gasteiger partial charge is 0.279 e. The highest BCUT2D eigenvalue weighted by Crippen LogP contribution is 2.34. The Labute approximate surface area is 155 Å². The summed E-state index contributed by atoms with van der Waals surface area (Å²) in [5.41, 5.74) is 1.89. The van der Waals surface area contributed by atoms with Gasteiger partial charge >= 0.3 is 0 Å². The molecule has 26 heavy (non-hydrogen) atoms. The minimum Gasteiger partial charge on any atom is -0.454 e. The minimum absolute atomic E-state index is 0.0543. The maximum absolute atomic E-state index is 12.4. The van der Waals surface area contributed by atoms with Crippen LogP contribution in [-0.4, -0.2) is 19.2 Å². The lowest BCUT2D eigenvalue weighted by molar-refractivity contribution is -0.675. The highest BCUT2D eigenvalue weighted by molar-refractivity contribution is 7.10. The van der Waals surface area contributed by atoms with Gasteiger partial charge in [-0.3, -0.25) is 4.79 Å². The molecule has 0 bridgehead atoms. The molecule has 2 aromatic carbocycles. The van der Waals surface area contributed by atoms with Crippen LogP contribution in [0.3, 0.4) is 0 Å². The van der Waals surface area contributed by atoms with Gasteiger partial charge in [0.15, 0.2) is 18.0 Å². The van der Waals surface area contributed by atoms with Crippen LogP contribution >= 0.6 is 11.3 Å². The molecule has 1 aliphatic heterocycles. The lowest BCUT2D eigenvalue weighted by Crippen LogP contribution is -2.87. The first-order valence-corrected chi connectivity index (χ1v) is 9.29. The Kier molecular flexibility index (Phi) is 4.86. The third kappa shape index (κ3) is 3.71. The van der Waals surface area contributed by atoms with E-state index in [2.05, 4.69) is 34.2 Å². The van der Waals surface area contributed by atoms with Crippen LogP contribution in [0.4, 0.5) is 5.69 Å². The molecule has 6 heteroatoms. The van der Waals surface area contributed by atoms with Crippen LogP contribution in [0.25, 0.3) is 0 Å². The van der Waals surface area contributed by atoms with Crippen LogP contribution < -0.4 is 20.1 Å². The predicted molar refractivity (Wildman–Crippen MR) is 101 cm³/mol. The van der Waals surface area contributed by atoms with E-state index < -0.39 is 0 Å². The van der Waals surface area contributed by atoms with E-state index in [0.29, 0.717) is 23.7 Å². The number of ether oxygens (including phenoxy) is 2. The third-order valence-electron chi connectivity index (χ3n) is 4.20. The van der Waals surface area contributed by atoms with E-state index in [1.165, 1.54) is 10.4 Å². The van der Waals surface area contributed by atoms with Gasteiger partial charge in [0.2, 0.25) is 6.79 Å². The maximum atomic E-state index is 12.4. The Morgan fingerprint density at radius 1 is 1.08 bits per heavy atom. The summed E-state index contributed by atoms with van der Waals surface area (Å²) in [6.07, 6.45) is 0. The van der Waals surface area contributed by atoms with Crippen molar-refractivity contribution in [3.05, 3.63) is 76.5 Å². The highest BCUT2D eigenvalue weighted by Gasteiger charge is 2.20. The van der Waals surface area contributed by atoms with Crippen molar-refractivity contribution in [2.24, 2.45) is 0 Å². The monoisotopic (exact) mass is 367 g/mol. The van der Waals surface area contributed by atoms with Gasteiger partial charge in [-0.15, -0.1) is 11.3 Å². The zero-order chi connectivity index (χ0) is 17.8. The number of hydrogen-bond donors (Lipinski definition) is 2.